The highest BCUT2D eigenvalue weighted by Gasteiger charge is 2.58. The number of hydroxylamine groups is 2. The monoisotopic (exact) mass is 652 g/mol. The molecule has 1 saturated heterocycles. The lowest BCUT2D eigenvalue weighted by Crippen LogP contribution is -2.76. The molecule has 44 heavy (non-hydrogen) atoms. The second-order valence-electron chi connectivity index (χ2n) is 10.0. The van der Waals surface area contributed by atoms with Crippen molar-refractivity contribution in [3.8, 4) is 5.75 Å². The average Bonchev–Trinajstić information content (AvgIpc) is 3.41. The molecule has 1 aliphatic rings. The van der Waals surface area contributed by atoms with Gasteiger partial charge in [-0.2, -0.15) is 13.5 Å². The topological polar surface area (TPSA) is 254 Å². The maximum atomic E-state index is 13.2. The summed E-state index contributed by atoms with van der Waals surface area (Å²) in [6.07, 6.45) is -0.196. The van der Waals surface area contributed by atoms with Crippen LogP contribution in [0, 0.1) is 0 Å². The molecule has 3 aromatic rings. The van der Waals surface area contributed by atoms with Crippen LogP contribution in [-0.2, 0) is 29.1 Å². The first-order chi connectivity index (χ1) is 20.8. The number of aliphatic hydroxyl groups excluding tert-OH is 1. The Morgan fingerprint density at radius 2 is 2.05 bits per heavy atom. The van der Waals surface area contributed by atoms with E-state index in [9.17, 15) is 23.1 Å². The summed E-state index contributed by atoms with van der Waals surface area (Å²) in [5.74, 6) is -0.654. The number of amides is 2. The Bertz CT molecular complexity index is 1650. The van der Waals surface area contributed by atoms with E-state index in [0.29, 0.717) is 23.9 Å². The minimum atomic E-state index is -4.98. The Balaban J connectivity index is 1.43. The summed E-state index contributed by atoms with van der Waals surface area (Å²) in [5, 5.41) is 22.2. The maximum absolute atomic E-state index is 13.2. The maximum Gasteiger partial charge on any atom is 0.418 e. The number of fused-ring (bicyclic) bond motifs is 1. The van der Waals surface area contributed by atoms with E-state index in [1.165, 1.54) is 19.2 Å². The molecule has 8 N–H and O–H groups in total. The molecule has 1 aliphatic heterocycles. The molecular formula is C25H32N8O9S2. The van der Waals surface area contributed by atoms with Crippen LogP contribution in [0.25, 0.3) is 10.9 Å². The Morgan fingerprint density at radius 1 is 1.27 bits per heavy atom. The molecule has 2 amide bonds. The number of hydrogen-bond donors (Lipinski definition) is 6. The third-order valence-corrected chi connectivity index (χ3v) is 7.39. The third kappa shape index (κ3) is 7.87. The first kappa shape index (κ1) is 32.8. The van der Waals surface area contributed by atoms with Crippen molar-refractivity contribution in [1.82, 2.24) is 20.3 Å². The van der Waals surface area contributed by atoms with Crippen LogP contribution in [0.5, 0.6) is 5.75 Å². The van der Waals surface area contributed by atoms with Crippen LogP contribution in [0.15, 0.2) is 40.9 Å². The molecule has 1 aromatic carbocycles. The molecule has 17 nitrogen and oxygen atoms in total. The van der Waals surface area contributed by atoms with Crippen molar-refractivity contribution in [3.05, 3.63) is 41.4 Å². The quantitative estimate of drug-likeness (QED) is 0.0417. The van der Waals surface area contributed by atoms with Crippen molar-refractivity contribution in [1.29, 1.82) is 0 Å². The van der Waals surface area contributed by atoms with E-state index in [1.807, 2.05) is 12.1 Å². The molecule has 2 atom stereocenters. The van der Waals surface area contributed by atoms with Gasteiger partial charge in [0.25, 0.3) is 11.8 Å². The summed E-state index contributed by atoms with van der Waals surface area (Å²) in [7, 11) is -4.98. The molecule has 3 heterocycles. The molecule has 1 unspecified atom stereocenters. The number of nitrogen functional groups attached to an aromatic ring is 1. The number of aromatic nitrogens is 2. The lowest BCUT2D eigenvalue weighted by Gasteiger charge is -2.50. The lowest BCUT2D eigenvalue weighted by atomic mass is 9.84. The molecule has 1 fully saturated rings. The highest BCUT2D eigenvalue weighted by atomic mass is 32.3. The third-order valence-electron chi connectivity index (χ3n) is 6.38. The molecule has 0 spiro atoms. The second-order valence-corrected chi connectivity index (χ2v) is 11.9. The van der Waals surface area contributed by atoms with Gasteiger partial charge in [0, 0.05) is 17.3 Å². The summed E-state index contributed by atoms with van der Waals surface area (Å²) >= 11 is 1.02. The number of nitrogens with two attached hydrogens (primary N) is 2. The van der Waals surface area contributed by atoms with E-state index in [2.05, 4.69) is 30.0 Å². The van der Waals surface area contributed by atoms with Crippen molar-refractivity contribution >= 4 is 61.1 Å². The summed E-state index contributed by atoms with van der Waals surface area (Å²) in [6, 6.07) is 7.73. The van der Waals surface area contributed by atoms with Crippen molar-refractivity contribution in [2.45, 2.75) is 38.0 Å². The number of β-lactam (4-membered cyclic amide) rings is 1. The number of nitrogens with zero attached hydrogens (tertiary/aromatic N) is 4. The predicted octanol–water partition coefficient (Wildman–Crippen LogP) is 0.0348. The number of ether oxygens (including phenoxy) is 1. The van der Waals surface area contributed by atoms with E-state index in [1.54, 1.807) is 18.2 Å². The van der Waals surface area contributed by atoms with Gasteiger partial charge in [0.05, 0.1) is 17.7 Å². The molecule has 2 aromatic heterocycles. The molecule has 0 saturated carbocycles. The van der Waals surface area contributed by atoms with Crippen molar-refractivity contribution < 1.29 is 41.5 Å². The number of pyridine rings is 1. The van der Waals surface area contributed by atoms with E-state index in [4.69, 9.17) is 25.6 Å². The summed E-state index contributed by atoms with van der Waals surface area (Å²) in [5.41, 5.74) is 10.3. The zero-order chi connectivity index (χ0) is 32.1. The summed E-state index contributed by atoms with van der Waals surface area (Å²) < 4.78 is 41.2. The van der Waals surface area contributed by atoms with Gasteiger partial charge in [-0.25, -0.2) is 9.97 Å². The molecule has 0 bridgehead atoms. The van der Waals surface area contributed by atoms with Crippen LogP contribution >= 0.6 is 11.3 Å². The van der Waals surface area contributed by atoms with Crippen LogP contribution in [0.1, 0.15) is 26.0 Å². The number of carbonyl (C=O) groups is 2. The fourth-order valence-corrected chi connectivity index (χ4v) is 5.07. The van der Waals surface area contributed by atoms with Crippen molar-refractivity contribution in [2.24, 2.45) is 10.9 Å². The van der Waals surface area contributed by atoms with Gasteiger partial charge in [-0.15, -0.1) is 15.6 Å². The standard InChI is InChI=1S/C25H32N8O9S2/c1-25(2)21(23(36)33(25)42-44(37,38)39)31-22(35)20(18-13-43-24(27)30-18)32-41-16(11-34)12-40-15-5-6-17-14(10-15)4-7-19(29-17)28-9-3-8-26/h4-7,10,13,16,21,34H,3,8-9,11-12,26H2,1-2H3,(H2,27,30)(H,28,29)(H,31,35)(H,37,38,39)/b32-20-/t16-,21?/m1/s1. The molecule has 4 rings (SSSR count). The van der Waals surface area contributed by atoms with Crippen molar-refractivity contribution in [2.75, 3.05) is 37.4 Å². The first-order valence-corrected chi connectivity index (χ1v) is 15.4. The molecular weight excluding hydrogens is 620 g/mol. The number of anilines is 2. The van der Waals surface area contributed by atoms with Gasteiger partial charge < -0.3 is 36.8 Å². The van der Waals surface area contributed by atoms with Crippen molar-refractivity contribution in [3.63, 3.8) is 0 Å². The Kier molecular flexibility index (Phi) is 10.2. The van der Waals surface area contributed by atoms with Crippen LogP contribution in [0.4, 0.5) is 10.9 Å². The van der Waals surface area contributed by atoms with Gasteiger partial charge in [-0.05, 0) is 57.1 Å². The number of nitrogens with one attached hydrogen (secondary N) is 2. The highest BCUT2D eigenvalue weighted by Crippen LogP contribution is 2.33. The molecule has 0 radical (unpaired) electrons. The second kappa shape index (κ2) is 13.7. The van der Waals surface area contributed by atoms with Gasteiger partial charge in [-0.1, -0.05) is 5.16 Å². The zero-order valence-corrected chi connectivity index (χ0v) is 25.3. The number of hydrogen-bond acceptors (Lipinski definition) is 15. The number of benzene rings is 1. The van der Waals surface area contributed by atoms with Crippen LogP contribution in [-0.4, -0.2) is 94.6 Å². The molecule has 238 valence electrons. The van der Waals surface area contributed by atoms with Gasteiger partial charge >= 0.3 is 10.4 Å². The normalized spacial score (nSPS) is 17.2. The fraction of sp³-hybridized carbons (Fsp3) is 0.400. The number of oxime groups is 1. The van der Waals surface area contributed by atoms with Gasteiger partial charge in [0.2, 0.25) is 0 Å². The van der Waals surface area contributed by atoms with E-state index < -0.39 is 46.5 Å². The molecule has 19 heteroatoms. The summed E-state index contributed by atoms with van der Waals surface area (Å²) in [4.78, 5) is 39.7. The van der Waals surface area contributed by atoms with Gasteiger partial charge in [-0.3, -0.25) is 14.1 Å². The van der Waals surface area contributed by atoms with Gasteiger partial charge in [0.1, 0.15) is 29.9 Å². The lowest BCUT2D eigenvalue weighted by molar-refractivity contribution is -0.218. The van der Waals surface area contributed by atoms with Crippen LogP contribution in [0.3, 0.4) is 0 Å². The Morgan fingerprint density at radius 3 is 2.68 bits per heavy atom. The van der Waals surface area contributed by atoms with E-state index in [-0.39, 0.29) is 23.1 Å². The first-order valence-electron chi connectivity index (χ1n) is 13.2. The predicted molar refractivity (Wildman–Crippen MR) is 160 cm³/mol. The van der Waals surface area contributed by atoms with E-state index >= 15 is 0 Å². The highest BCUT2D eigenvalue weighted by molar-refractivity contribution is 7.80. The average molecular weight is 653 g/mol. The smallest absolute Gasteiger partial charge is 0.418 e. The minimum absolute atomic E-state index is 0.0251. The Labute approximate surface area is 256 Å². The van der Waals surface area contributed by atoms with Gasteiger partial charge in [0.15, 0.2) is 16.9 Å². The minimum Gasteiger partial charge on any atom is -0.489 e. The van der Waals surface area contributed by atoms with E-state index in [0.717, 1.165) is 34.5 Å². The fourth-order valence-electron chi connectivity index (χ4n) is 4.06. The van der Waals surface area contributed by atoms with Crippen LogP contribution < -0.4 is 26.8 Å². The number of rotatable bonds is 15. The van der Waals surface area contributed by atoms with Crippen LogP contribution in [0.2, 0.25) is 0 Å². The number of carbonyl (C=O) groups excluding carboxylic acids is 2. The Hall–Kier alpha value is -4.14. The number of aliphatic hydroxyl groups is 1. The summed E-state index contributed by atoms with van der Waals surface area (Å²) in [6.45, 7) is 3.42. The number of thiazole rings is 1. The SMILES string of the molecule is CC1(C)C(NC(=O)/C(=N\O[C@H](CO)COc2ccc3nc(NCCCN)ccc3c2)c2csc(N)n2)C(=O)N1OS(=O)(=O)O. The largest absolute Gasteiger partial charge is 0.489 e. The molecule has 0 aliphatic carbocycles. The zero-order valence-electron chi connectivity index (χ0n) is 23.7.